The van der Waals surface area contributed by atoms with E-state index in [4.69, 9.17) is 0 Å². The van der Waals surface area contributed by atoms with Gasteiger partial charge in [-0.1, -0.05) is 37.3 Å². The smallest absolute Gasteiger partial charge is 0.227 e. The van der Waals surface area contributed by atoms with Crippen LogP contribution in [0.2, 0.25) is 0 Å². The van der Waals surface area contributed by atoms with Crippen LogP contribution in [0.5, 0.6) is 0 Å². The number of hydrogen-bond donors (Lipinski definition) is 1. The van der Waals surface area contributed by atoms with Crippen LogP contribution in [0.25, 0.3) is 0 Å². The van der Waals surface area contributed by atoms with Gasteiger partial charge in [-0.3, -0.25) is 14.7 Å². The lowest BCUT2D eigenvalue weighted by Gasteiger charge is -2.32. The normalized spacial score (nSPS) is 20.1. The first-order valence-electron chi connectivity index (χ1n) is 9.71. The van der Waals surface area contributed by atoms with E-state index in [9.17, 15) is 4.79 Å². The van der Waals surface area contributed by atoms with Crippen molar-refractivity contribution < 1.29 is 4.79 Å². The fourth-order valence-electron chi connectivity index (χ4n) is 3.80. The van der Waals surface area contributed by atoms with Gasteiger partial charge in [0, 0.05) is 37.1 Å². The number of amides is 1. The first-order chi connectivity index (χ1) is 12.7. The third-order valence-electron chi connectivity index (χ3n) is 5.38. The third-order valence-corrected chi connectivity index (χ3v) is 5.38. The van der Waals surface area contributed by atoms with Crippen LogP contribution in [-0.2, 0) is 11.3 Å². The van der Waals surface area contributed by atoms with Crippen LogP contribution in [-0.4, -0.2) is 28.9 Å². The molecule has 1 heterocycles. The Morgan fingerprint density at radius 3 is 2.42 bits per heavy atom. The zero-order valence-electron chi connectivity index (χ0n) is 15.6. The van der Waals surface area contributed by atoms with Gasteiger partial charge in [-0.15, -0.1) is 0 Å². The van der Waals surface area contributed by atoms with Gasteiger partial charge in [0.2, 0.25) is 5.91 Å². The quantitative estimate of drug-likeness (QED) is 0.807. The molecule has 1 fully saturated rings. The molecule has 1 saturated carbocycles. The molecule has 1 N–H and O–H groups in total. The molecular weight excluding hydrogens is 322 g/mol. The van der Waals surface area contributed by atoms with Crippen molar-refractivity contribution in [2.75, 3.05) is 18.4 Å². The van der Waals surface area contributed by atoms with Crippen molar-refractivity contribution in [3.05, 3.63) is 60.4 Å². The van der Waals surface area contributed by atoms with E-state index >= 15 is 0 Å². The molecule has 0 aliphatic heterocycles. The molecular formula is C22H29N3O. The molecule has 1 aromatic carbocycles. The lowest BCUT2D eigenvalue weighted by Crippen LogP contribution is -2.33. The average molecular weight is 351 g/mol. The van der Waals surface area contributed by atoms with Gasteiger partial charge in [-0.2, -0.15) is 0 Å². The van der Waals surface area contributed by atoms with Gasteiger partial charge >= 0.3 is 0 Å². The zero-order chi connectivity index (χ0) is 18.2. The molecule has 4 nitrogen and oxygen atoms in total. The molecule has 2 aromatic rings. The Hall–Kier alpha value is -2.20. The molecule has 1 aliphatic rings. The van der Waals surface area contributed by atoms with Gasteiger partial charge in [0.05, 0.1) is 0 Å². The second-order valence-electron chi connectivity index (χ2n) is 7.26. The Morgan fingerprint density at radius 1 is 1.08 bits per heavy atom. The van der Waals surface area contributed by atoms with E-state index in [0.717, 1.165) is 51.0 Å². The predicted octanol–water partition coefficient (Wildman–Crippen LogP) is 4.35. The van der Waals surface area contributed by atoms with Crippen LogP contribution in [0.4, 0.5) is 5.69 Å². The molecule has 0 saturated heterocycles. The molecule has 138 valence electrons. The van der Waals surface area contributed by atoms with Crippen LogP contribution in [0, 0.1) is 11.8 Å². The molecule has 0 atom stereocenters. The van der Waals surface area contributed by atoms with Crippen LogP contribution in [0.3, 0.4) is 0 Å². The summed E-state index contributed by atoms with van der Waals surface area (Å²) in [6, 6.07) is 14.4. The topological polar surface area (TPSA) is 45.2 Å². The van der Waals surface area contributed by atoms with Crippen molar-refractivity contribution in [3.8, 4) is 0 Å². The minimum atomic E-state index is 0.142. The van der Waals surface area contributed by atoms with Crippen LogP contribution >= 0.6 is 0 Å². The molecule has 26 heavy (non-hydrogen) atoms. The second kappa shape index (κ2) is 9.48. The number of carbonyl (C=O) groups excluding carboxylic acids is 1. The molecule has 1 aromatic heterocycles. The van der Waals surface area contributed by atoms with Gasteiger partial charge in [0.25, 0.3) is 0 Å². The van der Waals surface area contributed by atoms with Crippen LogP contribution < -0.4 is 5.32 Å². The minimum Gasteiger partial charge on any atom is -0.326 e. The average Bonchev–Trinajstić information content (AvgIpc) is 2.69. The summed E-state index contributed by atoms with van der Waals surface area (Å²) in [5.74, 6) is 0.999. The van der Waals surface area contributed by atoms with Gasteiger partial charge in [0.15, 0.2) is 0 Å². The summed E-state index contributed by atoms with van der Waals surface area (Å²) < 4.78 is 0. The molecule has 1 amide bonds. The summed E-state index contributed by atoms with van der Waals surface area (Å²) >= 11 is 0. The molecule has 0 spiro atoms. The van der Waals surface area contributed by atoms with E-state index in [1.165, 1.54) is 5.56 Å². The van der Waals surface area contributed by atoms with Gasteiger partial charge in [0.1, 0.15) is 0 Å². The number of aromatic nitrogens is 1. The highest BCUT2D eigenvalue weighted by Crippen LogP contribution is 2.30. The van der Waals surface area contributed by atoms with Crippen molar-refractivity contribution in [2.45, 2.75) is 39.2 Å². The maximum absolute atomic E-state index is 12.5. The summed E-state index contributed by atoms with van der Waals surface area (Å²) in [4.78, 5) is 19.0. The van der Waals surface area contributed by atoms with Crippen molar-refractivity contribution in [2.24, 2.45) is 11.8 Å². The Labute approximate surface area is 156 Å². The molecule has 1 aliphatic carbocycles. The summed E-state index contributed by atoms with van der Waals surface area (Å²) in [5.41, 5.74) is 2.21. The maximum Gasteiger partial charge on any atom is 0.227 e. The van der Waals surface area contributed by atoms with Crippen LogP contribution in [0.15, 0.2) is 54.9 Å². The first-order valence-corrected chi connectivity index (χ1v) is 9.71. The monoisotopic (exact) mass is 351 g/mol. The summed E-state index contributed by atoms with van der Waals surface area (Å²) in [7, 11) is 0. The van der Waals surface area contributed by atoms with Gasteiger partial charge in [-0.05, 0) is 55.8 Å². The van der Waals surface area contributed by atoms with Gasteiger partial charge < -0.3 is 5.32 Å². The Morgan fingerprint density at radius 2 is 1.77 bits per heavy atom. The summed E-state index contributed by atoms with van der Waals surface area (Å²) in [5, 5.41) is 3.02. The van der Waals surface area contributed by atoms with E-state index in [-0.39, 0.29) is 11.8 Å². The van der Waals surface area contributed by atoms with E-state index in [1.54, 1.807) is 12.4 Å². The summed E-state index contributed by atoms with van der Waals surface area (Å²) in [6.45, 7) is 5.44. The first kappa shape index (κ1) is 18.6. The Bertz CT molecular complexity index is 666. The van der Waals surface area contributed by atoms with Crippen molar-refractivity contribution in [1.29, 1.82) is 0 Å². The fraction of sp³-hybridized carbons (Fsp3) is 0.455. The maximum atomic E-state index is 12.5. The number of nitrogens with zero attached hydrogens (tertiary/aromatic N) is 2. The minimum absolute atomic E-state index is 0.142. The second-order valence-corrected chi connectivity index (χ2v) is 7.26. The standard InChI is InChI=1S/C22H29N3O/c1-2-25(16-18-6-4-3-5-7-18)17-19-8-10-20(11-9-19)22(26)24-21-12-14-23-15-13-21/h3-7,12-15,19-20H,2,8-11,16-17H2,1H3,(H,23,24,26)/t19-,20-. The van der Waals surface area contributed by atoms with E-state index < -0.39 is 0 Å². The molecule has 4 heteroatoms. The van der Waals surface area contributed by atoms with E-state index in [0.29, 0.717) is 5.92 Å². The SMILES string of the molecule is CCN(Cc1ccccc1)C[C@H]1CC[C@H](C(=O)Nc2ccncc2)CC1. The number of hydrogen-bond acceptors (Lipinski definition) is 3. The highest BCUT2D eigenvalue weighted by atomic mass is 16.1. The molecule has 3 rings (SSSR count). The Balaban J connectivity index is 1.44. The van der Waals surface area contributed by atoms with Crippen LogP contribution in [0.1, 0.15) is 38.2 Å². The van der Waals surface area contributed by atoms with E-state index in [1.807, 2.05) is 12.1 Å². The van der Waals surface area contributed by atoms with Crippen molar-refractivity contribution in [3.63, 3.8) is 0 Å². The zero-order valence-corrected chi connectivity index (χ0v) is 15.6. The largest absolute Gasteiger partial charge is 0.326 e. The lowest BCUT2D eigenvalue weighted by atomic mass is 9.81. The lowest BCUT2D eigenvalue weighted by molar-refractivity contribution is -0.121. The number of pyridine rings is 1. The third kappa shape index (κ3) is 5.40. The number of rotatable bonds is 7. The predicted molar refractivity (Wildman–Crippen MR) is 106 cm³/mol. The van der Waals surface area contributed by atoms with E-state index in [2.05, 4.69) is 52.5 Å². The van der Waals surface area contributed by atoms with Gasteiger partial charge in [-0.25, -0.2) is 0 Å². The number of anilines is 1. The van der Waals surface area contributed by atoms with Crippen molar-refractivity contribution >= 4 is 11.6 Å². The number of benzene rings is 1. The molecule has 0 unspecified atom stereocenters. The molecule has 0 bridgehead atoms. The number of nitrogens with one attached hydrogen (secondary N) is 1. The number of carbonyl (C=O) groups is 1. The summed E-state index contributed by atoms with van der Waals surface area (Å²) in [6.07, 6.45) is 7.67. The fourth-order valence-corrected chi connectivity index (χ4v) is 3.80. The highest BCUT2D eigenvalue weighted by molar-refractivity contribution is 5.92. The molecule has 0 radical (unpaired) electrons. The van der Waals surface area contributed by atoms with Crippen molar-refractivity contribution in [1.82, 2.24) is 9.88 Å². The Kier molecular flexibility index (Phi) is 6.78. The highest BCUT2D eigenvalue weighted by Gasteiger charge is 2.27.